The summed E-state index contributed by atoms with van der Waals surface area (Å²) in [6, 6.07) is 9.51. The molecule has 0 fully saturated rings. The van der Waals surface area contributed by atoms with Gasteiger partial charge < -0.3 is 14.6 Å². The first kappa shape index (κ1) is 14.3. The van der Waals surface area contributed by atoms with Crippen LogP contribution in [-0.2, 0) is 6.61 Å². The van der Waals surface area contributed by atoms with Crippen LogP contribution in [0.3, 0.4) is 0 Å². The molecular weight excluding hydrogens is 254 g/mol. The van der Waals surface area contributed by atoms with E-state index in [-0.39, 0.29) is 0 Å². The maximum Gasteiger partial charge on any atom is 0.219 e. The quantitative estimate of drug-likeness (QED) is 0.909. The van der Waals surface area contributed by atoms with Crippen molar-refractivity contribution in [2.24, 2.45) is 0 Å². The van der Waals surface area contributed by atoms with Gasteiger partial charge in [-0.25, -0.2) is 4.98 Å². The van der Waals surface area contributed by atoms with E-state index in [1.54, 1.807) is 20.2 Å². The van der Waals surface area contributed by atoms with Crippen molar-refractivity contribution in [2.45, 2.75) is 26.6 Å². The Labute approximate surface area is 119 Å². The molecule has 1 unspecified atom stereocenters. The molecule has 20 heavy (non-hydrogen) atoms. The number of rotatable bonds is 5. The van der Waals surface area contributed by atoms with Crippen molar-refractivity contribution in [1.29, 1.82) is 0 Å². The Bertz CT molecular complexity index is 582. The van der Waals surface area contributed by atoms with Gasteiger partial charge in [0.25, 0.3) is 0 Å². The van der Waals surface area contributed by atoms with Crippen LogP contribution in [0.5, 0.6) is 11.6 Å². The first-order chi connectivity index (χ1) is 9.61. The number of methoxy groups -OCH3 is 1. The Kier molecular flexibility index (Phi) is 4.58. The molecule has 1 heterocycles. The fourth-order valence-corrected chi connectivity index (χ4v) is 2.00. The number of nitrogens with zero attached hydrogens (tertiary/aromatic N) is 1. The van der Waals surface area contributed by atoms with Crippen molar-refractivity contribution in [2.75, 3.05) is 7.11 Å². The van der Waals surface area contributed by atoms with E-state index < -0.39 is 6.10 Å². The predicted octanol–water partition coefficient (Wildman–Crippen LogP) is 3.03. The number of aromatic nitrogens is 1. The molecule has 0 aliphatic heterocycles. The molecule has 4 heteroatoms. The highest BCUT2D eigenvalue weighted by Crippen LogP contribution is 2.27. The maximum absolute atomic E-state index is 9.81. The largest absolute Gasteiger partial charge is 0.488 e. The summed E-state index contributed by atoms with van der Waals surface area (Å²) in [5.74, 6) is 1.23. The number of aliphatic hydroxyl groups excluding tert-OH is 1. The van der Waals surface area contributed by atoms with Gasteiger partial charge in [-0.1, -0.05) is 11.6 Å². The summed E-state index contributed by atoms with van der Waals surface area (Å²) in [5, 5.41) is 9.81. The zero-order chi connectivity index (χ0) is 14.5. The van der Waals surface area contributed by atoms with Gasteiger partial charge in [0.15, 0.2) is 0 Å². The zero-order valence-corrected chi connectivity index (χ0v) is 12.0. The van der Waals surface area contributed by atoms with Gasteiger partial charge in [0.1, 0.15) is 12.4 Å². The van der Waals surface area contributed by atoms with E-state index in [0.29, 0.717) is 18.2 Å². The molecular formula is C16H19NO3. The Morgan fingerprint density at radius 2 is 2.10 bits per heavy atom. The van der Waals surface area contributed by atoms with Gasteiger partial charge in [-0.3, -0.25) is 0 Å². The van der Waals surface area contributed by atoms with Gasteiger partial charge in [0.05, 0.1) is 18.8 Å². The fourth-order valence-electron chi connectivity index (χ4n) is 2.00. The average Bonchev–Trinajstić information content (AvgIpc) is 2.46. The third kappa shape index (κ3) is 3.27. The summed E-state index contributed by atoms with van der Waals surface area (Å²) in [4.78, 5) is 4.13. The minimum absolute atomic E-state index is 0.347. The summed E-state index contributed by atoms with van der Waals surface area (Å²) in [5.41, 5.74) is 2.74. The maximum atomic E-state index is 9.81. The number of hydrogen-bond donors (Lipinski definition) is 1. The van der Waals surface area contributed by atoms with Crippen LogP contribution >= 0.6 is 0 Å². The number of benzene rings is 1. The lowest BCUT2D eigenvalue weighted by atomic mass is 10.1. The molecule has 0 radical (unpaired) electrons. The monoisotopic (exact) mass is 273 g/mol. The molecule has 0 saturated carbocycles. The summed E-state index contributed by atoms with van der Waals surface area (Å²) in [6.07, 6.45) is 1.11. The Balaban J connectivity index is 2.19. The van der Waals surface area contributed by atoms with Crippen LogP contribution in [0.2, 0.25) is 0 Å². The van der Waals surface area contributed by atoms with Crippen LogP contribution in [0.4, 0.5) is 0 Å². The van der Waals surface area contributed by atoms with Crippen LogP contribution in [0.15, 0.2) is 36.5 Å². The van der Waals surface area contributed by atoms with E-state index in [2.05, 4.69) is 4.98 Å². The zero-order valence-electron chi connectivity index (χ0n) is 12.0. The van der Waals surface area contributed by atoms with Crippen LogP contribution in [0, 0.1) is 6.92 Å². The molecule has 0 aliphatic rings. The molecule has 106 valence electrons. The Hall–Kier alpha value is -2.07. The van der Waals surface area contributed by atoms with Crippen molar-refractivity contribution < 1.29 is 14.6 Å². The molecule has 0 bridgehead atoms. The third-order valence-corrected chi connectivity index (χ3v) is 3.04. The molecule has 0 aliphatic carbocycles. The van der Waals surface area contributed by atoms with Crippen molar-refractivity contribution in [3.05, 3.63) is 53.2 Å². The van der Waals surface area contributed by atoms with Crippen molar-refractivity contribution in [1.82, 2.24) is 4.98 Å². The minimum Gasteiger partial charge on any atom is -0.488 e. The molecule has 1 atom stereocenters. The molecule has 1 aromatic heterocycles. The molecule has 1 aromatic carbocycles. The predicted molar refractivity (Wildman–Crippen MR) is 76.9 cm³/mol. The van der Waals surface area contributed by atoms with Crippen LogP contribution in [0.25, 0.3) is 0 Å². The number of aryl methyl sites for hydroxylation is 1. The molecule has 0 saturated heterocycles. The summed E-state index contributed by atoms with van der Waals surface area (Å²) in [6.45, 7) is 4.06. The first-order valence-electron chi connectivity index (χ1n) is 6.51. The summed E-state index contributed by atoms with van der Waals surface area (Å²) < 4.78 is 11.0. The lowest BCUT2D eigenvalue weighted by molar-refractivity contribution is 0.189. The van der Waals surface area contributed by atoms with E-state index in [1.807, 2.05) is 37.3 Å². The van der Waals surface area contributed by atoms with Crippen molar-refractivity contribution in [3.8, 4) is 11.6 Å². The van der Waals surface area contributed by atoms with Gasteiger partial charge >= 0.3 is 0 Å². The van der Waals surface area contributed by atoms with Gasteiger partial charge in [0.2, 0.25) is 5.88 Å². The van der Waals surface area contributed by atoms with E-state index in [9.17, 15) is 5.11 Å². The molecule has 1 N–H and O–H groups in total. The highest BCUT2D eigenvalue weighted by atomic mass is 16.5. The number of ether oxygens (including phenoxy) is 2. The van der Waals surface area contributed by atoms with Gasteiger partial charge in [-0.15, -0.1) is 0 Å². The molecule has 0 amide bonds. The van der Waals surface area contributed by atoms with Crippen LogP contribution < -0.4 is 9.47 Å². The Morgan fingerprint density at radius 3 is 2.80 bits per heavy atom. The second kappa shape index (κ2) is 6.39. The van der Waals surface area contributed by atoms with Gasteiger partial charge in [-0.2, -0.15) is 0 Å². The standard InChI is InChI=1S/C16H19NO3/c1-11-6-7-15(14(9-11)12(2)18)20-10-13-5-4-8-17-16(13)19-3/h4-9,12,18H,10H2,1-3H3. The second-order valence-corrected chi connectivity index (χ2v) is 4.68. The molecule has 0 spiro atoms. The van der Waals surface area contributed by atoms with E-state index in [4.69, 9.17) is 9.47 Å². The third-order valence-electron chi connectivity index (χ3n) is 3.04. The van der Waals surface area contributed by atoms with Crippen LogP contribution in [0.1, 0.15) is 29.7 Å². The smallest absolute Gasteiger partial charge is 0.219 e. The second-order valence-electron chi connectivity index (χ2n) is 4.68. The first-order valence-corrected chi connectivity index (χ1v) is 6.51. The normalized spacial score (nSPS) is 12.0. The van der Waals surface area contributed by atoms with E-state index >= 15 is 0 Å². The van der Waals surface area contributed by atoms with E-state index in [0.717, 1.165) is 16.7 Å². The number of pyridine rings is 1. The molecule has 2 rings (SSSR count). The highest BCUT2D eigenvalue weighted by Gasteiger charge is 2.11. The van der Waals surface area contributed by atoms with Crippen LogP contribution in [-0.4, -0.2) is 17.2 Å². The average molecular weight is 273 g/mol. The van der Waals surface area contributed by atoms with Gasteiger partial charge in [-0.05, 0) is 38.1 Å². The highest BCUT2D eigenvalue weighted by molar-refractivity contribution is 5.38. The van der Waals surface area contributed by atoms with Crippen molar-refractivity contribution in [3.63, 3.8) is 0 Å². The summed E-state index contributed by atoms with van der Waals surface area (Å²) in [7, 11) is 1.58. The SMILES string of the molecule is COc1ncccc1COc1ccc(C)cc1C(C)O. The van der Waals surface area contributed by atoms with Crippen molar-refractivity contribution >= 4 is 0 Å². The number of hydrogen-bond acceptors (Lipinski definition) is 4. The van der Waals surface area contributed by atoms with Gasteiger partial charge in [0, 0.05) is 11.8 Å². The summed E-state index contributed by atoms with van der Waals surface area (Å²) >= 11 is 0. The Morgan fingerprint density at radius 1 is 1.30 bits per heavy atom. The molecule has 4 nitrogen and oxygen atoms in total. The minimum atomic E-state index is -0.569. The van der Waals surface area contributed by atoms with E-state index in [1.165, 1.54) is 0 Å². The topological polar surface area (TPSA) is 51.6 Å². The lowest BCUT2D eigenvalue weighted by Crippen LogP contribution is -2.03. The number of aliphatic hydroxyl groups is 1. The fraction of sp³-hybridized carbons (Fsp3) is 0.312. The lowest BCUT2D eigenvalue weighted by Gasteiger charge is -2.15. The molecule has 2 aromatic rings.